The fourth-order valence-corrected chi connectivity index (χ4v) is 4.31. The number of aryl methyl sites for hydroxylation is 1. The largest absolute Gasteiger partial charge is 0.496 e. The molecule has 4 rings (SSSR count). The highest BCUT2D eigenvalue weighted by Gasteiger charge is 2.22. The molecule has 6 nitrogen and oxygen atoms in total. The van der Waals surface area contributed by atoms with Crippen LogP contribution in [0, 0.1) is 0 Å². The predicted molar refractivity (Wildman–Crippen MR) is 117 cm³/mol. The van der Waals surface area contributed by atoms with Gasteiger partial charge in [0.1, 0.15) is 5.75 Å². The van der Waals surface area contributed by atoms with Gasteiger partial charge in [0.25, 0.3) is 0 Å². The second kappa shape index (κ2) is 9.30. The van der Waals surface area contributed by atoms with Crippen LogP contribution < -0.4 is 15.4 Å². The van der Waals surface area contributed by atoms with E-state index in [0.717, 1.165) is 55.9 Å². The molecule has 158 valence electrons. The Labute approximate surface area is 177 Å². The van der Waals surface area contributed by atoms with Crippen LogP contribution in [0.5, 0.6) is 5.75 Å². The maximum Gasteiger partial charge on any atom is 0.224 e. The van der Waals surface area contributed by atoms with Gasteiger partial charge in [0, 0.05) is 43.3 Å². The van der Waals surface area contributed by atoms with Crippen LogP contribution in [0.1, 0.15) is 36.0 Å². The van der Waals surface area contributed by atoms with E-state index in [2.05, 4.69) is 33.7 Å². The topological polar surface area (TPSA) is 70.7 Å². The molecule has 1 fully saturated rings. The lowest BCUT2D eigenvalue weighted by Crippen LogP contribution is -2.44. The summed E-state index contributed by atoms with van der Waals surface area (Å²) in [5.74, 6) is 0.899. The number of nitrogens with one attached hydrogen (secondary N) is 2. The van der Waals surface area contributed by atoms with E-state index in [1.807, 2.05) is 24.3 Å². The van der Waals surface area contributed by atoms with Crippen LogP contribution in [0.2, 0.25) is 0 Å². The molecule has 0 saturated carbocycles. The minimum atomic E-state index is 0.0448. The normalized spacial score (nSPS) is 17.2. The summed E-state index contributed by atoms with van der Waals surface area (Å²) in [5.41, 5.74) is 4.31. The van der Waals surface area contributed by atoms with E-state index in [0.29, 0.717) is 12.8 Å². The number of anilines is 1. The standard InChI is InChI=1S/C24H29N3O3/c1-30-22-5-3-2-4-19(22)15-24(29)25-20-10-12-27(13-11-20)16-17-6-7-18-8-9-23(28)26-21(18)14-17/h2-7,14,20H,8-13,15-16H2,1H3,(H,25,29)(H,26,28). The minimum absolute atomic E-state index is 0.0448. The Balaban J connectivity index is 1.25. The number of rotatable bonds is 6. The lowest BCUT2D eigenvalue weighted by Gasteiger charge is -2.32. The van der Waals surface area contributed by atoms with Crippen molar-refractivity contribution in [3.63, 3.8) is 0 Å². The summed E-state index contributed by atoms with van der Waals surface area (Å²) >= 11 is 0. The molecule has 2 aliphatic rings. The first-order chi connectivity index (χ1) is 14.6. The van der Waals surface area contributed by atoms with E-state index in [4.69, 9.17) is 4.74 Å². The molecule has 0 aromatic heterocycles. The van der Waals surface area contributed by atoms with Gasteiger partial charge in [-0.1, -0.05) is 30.3 Å². The van der Waals surface area contributed by atoms with Crippen molar-refractivity contribution in [2.75, 3.05) is 25.5 Å². The number of para-hydroxylation sites is 1. The van der Waals surface area contributed by atoms with E-state index in [9.17, 15) is 9.59 Å². The molecule has 2 N–H and O–H groups in total. The summed E-state index contributed by atoms with van der Waals surface area (Å²) in [6.45, 7) is 2.76. The van der Waals surface area contributed by atoms with Crippen LogP contribution >= 0.6 is 0 Å². The fraction of sp³-hybridized carbons (Fsp3) is 0.417. The number of carbonyl (C=O) groups is 2. The molecular weight excluding hydrogens is 378 g/mol. The van der Waals surface area contributed by atoms with Gasteiger partial charge in [-0.3, -0.25) is 14.5 Å². The number of hydrogen-bond donors (Lipinski definition) is 2. The molecule has 6 heteroatoms. The molecule has 0 atom stereocenters. The molecule has 0 spiro atoms. The lowest BCUT2D eigenvalue weighted by molar-refractivity contribution is -0.121. The molecule has 0 bridgehead atoms. The molecule has 2 heterocycles. The number of likely N-dealkylation sites (tertiary alicyclic amines) is 1. The van der Waals surface area contributed by atoms with Crippen LogP contribution in [0.15, 0.2) is 42.5 Å². The highest BCUT2D eigenvalue weighted by molar-refractivity contribution is 5.94. The summed E-state index contributed by atoms with van der Waals surface area (Å²) < 4.78 is 5.34. The Bertz CT molecular complexity index is 920. The van der Waals surface area contributed by atoms with E-state index in [1.165, 1.54) is 11.1 Å². The number of benzene rings is 2. The fourth-order valence-electron chi connectivity index (χ4n) is 4.31. The number of nitrogens with zero attached hydrogens (tertiary/aromatic N) is 1. The molecule has 2 aromatic rings. The zero-order chi connectivity index (χ0) is 20.9. The third-order valence-corrected chi connectivity index (χ3v) is 5.97. The van der Waals surface area contributed by atoms with Gasteiger partial charge in [0.05, 0.1) is 13.5 Å². The van der Waals surface area contributed by atoms with Gasteiger partial charge in [-0.05, 0) is 42.5 Å². The number of methoxy groups -OCH3 is 1. The van der Waals surface area contributed by atoms with Gasteiger partial charge in [-0.25, -0.2) is 0 Å². The minimum Gasteiger partial charge on any atom is -0.496 e. The Morgan fingerprint density at radius 1 is 1.17 bits per heavy atom. The molecule has 2 amide bonds. The van der Waals surface area contributed by atoms with Gasteiger partial charge >= 0.3 is 0 Å². The van der Waals surface area contributed by atoms with E-state index in [-0.39, 0.29) is 17.9 Å². The Hall–Kier alpha value is -2.86. The number of amides is 2. The third-order valence-electron chi connectivity index (χ3n) is 5.97. The smallest absolute Gasteiger partial charge is 0.224 e. The number of carbonyl (C=O) groups excluding carboxylic acids is 2. The molecular formula is C24H29N3O3. The Kier molecular flexibility index (Phi) is 6.33. The van der Waals surface area contributed by atoms with Crippen LogP contribution in [-0.4, -0.2) is 43.0 Å². The van der Waals surface area contributed by atoms with Gasteiger partial charge < -0.3 is 15.4 Å². The van der Waals surface area contributed by atoms with Gasteiger partial charge in [-0.15, -0.1) is 0 Å². The van der Waals surface area contributed by atoms with E-state index >= 15 is 0 Å². The SMILES string of the molecule is COc1ccccc1CC(=O)NC1CCN(Cc2ccc3c(c2)NC(=O)CC3)CC1. The highest BCUT2D eigenvalue weighted by atomic mass is 16.5. The number of fused-ring (bicyclic) bond motifs is 1. The number of hydrogen-bond acceptors (Lipinski definition) is 4. The van der Waals surface area contributed by atoms with Crippen LogP contribution in [0.4, 0.5) is 5.69 Å². The van der Waals surface area contributed by atoms with Crippen molar-refractivity contribution in [2.24, 2.45) is 0 Å². The summed E-state index contributed by atoms with van der Waals surface area (Å²) in [5, 5.41) is 6.16. The van der Waals surface area contributed by atoms with Gasteiger partial charge in [-0.2, -0.15) is 0 Å². The highest BCUT2D eigenvalue weighted by Crippen LogP contribution is 2.25. The summed E-state index contributed by atoms with van der Waals surface area (Å²) in [6, 6.07) is 14.3. The first kappa shape index (κ1) is 20.4. The van der Waals surface area contributed by atoms with Crippen molar-refractivity contribution in [2.45, 2.75) is 44.7 Å². The Morgan fingerprint density at radius 2 is 1.97 bits per heavy atom. The number of ether oxygens (including phenoxy) is 1. The number of piperidine rings is 1. The van der Waals surface area contributed by atoms with Crippen molar-refractivity contribution < 1.29 is 14.3 Å². The lowest BCUT2D eigenvalue weighted by atomic mass is 9.99. The maximum absolute atomic E-state index is 12.5. The van der Waals surface area contributed by atoms with E-state index in [1.54, 1.807) is 7.11 Å². The van der Waals surface area contributed by atoms with Crippen molar-refractivity contribution in [3.8, 4) is 5.75 Å². The average Bonchev–Trinajstić information content (AvgIpc) is 2.75. The molecule has 0 aliphatic carbocycles. The molecule has 2 aliphatic heterocycles. The summed E-state index contributed by atoms with van der Waals surface area (Å²) in [6.07, 6.45) is 3.62. The second-order valence-electron chi connectivity index (χ2n) is 8.15. The van der Waals surface area contributed by atoms with Crippen LogP contribution in [-0.2, 0) is 29.0 Å². The van der Waals surface area contributed by atoms with Crippen LogP contribution in [0.3, 0.4) is 0 Å². The zero-order valence-electron chi connectivity index (χ0n) is 17.4. The molecule has 2 aromatic carbocycles. The van der Waals surface area contributed by atoms with Gasteiger partial charge in [0.2, 0.25) is 11.8 Å². The molecule has 0 radical (unpaired) electrons. The van der Waals surface area contributed by atoms with E-state index < -0.39 is 0 Å². The van der Waals surface area contributed by atoms with Crippen LogP contribution in [0.25, 0.3) is 0 Å². The van der Waals surface area contributed by atoms with Crippen molar-refractivity contribution in [3.05, 3.63) is 59.2 Å². The maximum atomic E-state index is 12.5. The second-order valence-corrected chi connectivity index (χ2v) is 8.15. The van der Waals surface area contributed by atoms with Gasteiger partial charge in [0.15, 0.2) is 0 Å². The predicted octanol–water partition coefficient (Wildman–Crippen LogP) is 2.90. The molecule has 1 saturated heterocycles. The first-order valence-corrected chi connectivity index (χ1v) is 10.7. The first-order valence-electron chi connectivity index (χ1n) is 10.7. The van der Waals surface area contributed by atoms with Crippen molar-refractivity contribution >= 4 is 17.5 Å². The summed E-state index contributed by atoms with van der Waals surface area (Å²) in [4.78, 5) is 26.5. The Morgan fingerprint density at radius 3 is 2.77 bits per heavy atom. The molecule has 30 heavy (non-hydrogen) atoms. The average molecular weight is 408 g/mol. The van der Waals surface area contributed by atoms with Crippen molar-refractivity contribution in [1.29, 1.82) is 0 Å². The summed E-state index contributed by atoms with van der Waals surface area (Å²) in [7, 11) is 1.63. The monoisotopic (exact) mass is 407 g/mol. The third kappa shape index (κ3) is 5.00. The van der Waals surface area contributed by atoms with Crippen molar-refractivity contribution in [1.82, 2.24) is 10.2 Å². The quantitative estimate of drug-likeness (QED) is 0.773. The molecule has 0 unspecified atom stereocenters. The zero-order valence-corrected chi connectivity index (χ0v) is 17.4.